The molecule has 0 aliphatic carbocycles. The molecule has 6 nitrogen and oxygen atoms in total. The van der Waals surface area contributed by atoms with E-state index in [4.69, 9.17) is 0 Å². The van der Waals surface area contributed by atoms with Crippen molar-refractivity contribution in [3.05, 3.63) is 54.1 Å². The van der Waals surface area contributed by atoms with E-state index in [0.29, 0.717) is 36.8 Å². The van der Waals surface area contributed by atoms with Gasteiger partial charge in [0.2, 0.25) is 15.9 Å². The molecular formula is C19H21F2N3O3S2. The van der Waals surface area contributed by atoms with Gasteiger partial charge >= 0.3 is 0 Å². The molecule has 2 aromatic rings. The molecule has 1 aliphatic rings. The van der Waals surface area contributed by atoms with E-state index in [1.54, 1.807) is 0 Å². The third-order valence-corrected chi connectivity index (χ3v) is 7.41. The van der Waals surface area contributed by atoms with Crippen LogP contribution in [0.1, 0.15) is 0 Å². The maximum Gasteiger partial charge on any atom is 0.243 e. The number of anilines is 1. The highest BCUT2D eigenvalue weighted by Crippen LogP contribution is 2.22. The van der Waals surface area contributed by atoms with Crippen LogP contribution in [0.3, 0.4) is 0 Å². The fourth-order valence-electron chi connectivity index (χ4n) is 2.80. The summed E-state index contributed by atoms with van der Waals surface area (Å²) in [6.45, 7) is 2.25. The van der Waals surface area contributed by atoms with E-state index in [1.807, 2.05) is 7.05 Å². The molecule has 1 heterocycles. The van der Waals surface area contributed by atoms with Crippen LogP contribution < -0.4 is 5.32 Å². The first-order chi connectivity index (χ1) is 13.8. The van der Waals surface area contributed by atoms with E-state index >= 15 is 0 Å². The summed E-state index contributed by atoms with van der Waals surface area (Å²) in [6, 6.07) is 9.43. The summed E-state index contributed by atoms with van der Waals surface area (Å²) in [7, 11) is -1.61. The van der Waals surface area contributed by atoms with Gasteiger partial charge in [0.15, 0.2) is 11.6 Å². The van der Waals surface area contributed by atoms with Crippen LogP contribution in [0.25, 0.3) is 0 Å². The van der Waals surface area contributed by atoms with Crippen molar-refractivity contribution in [1.82, 2.24) is 9.21 Å². The van der Waals surface area contributed by atoms with E-state index in [0.717, 1.165) is 23.9 Å². The van der Waals surface area contributed by atoms with Crippen LogP contribution in [0.2, 0.25) is 0 Å². The van der Waals surface area contributed by atoms with Gasteiger partial charge < -0.3 is 10.2 Å². The van der Waals surface area contributed by atoms with Gasteiger partial charge in [-0.3, -0.25) is 4.79 Å². The number of benzene rings is 2. The monoisotopic (exact) mass is 441 g/mol. The number of carbonyl (C=O) groups excluding carboxylic acids is 1. The molecule has 2 aromatic carbocycles. The second kappa shape index (κ2) is 9.21. The molecular weight excluding hydrogens is 420 g/mol. The van der Waals surface area contributed by atoms with Crippen molar-refractivity contribution in [2.45, 2.75) is 9.79 Å². The Hall–Kier alpha value is -2.01. The predicted octanol–water partition coefficient (Wildman–Crippen LogP) is 2.63. The number of likely N-dealkylation sites (N-methyl/N-ethyl adjacent to an activating group) is 1. The zero-order valence-electron chi connectivity index (χ0n) is 15.8. The van der Waals surface area contributed by atoms with Gasteiger partial charge in [-0.2, -0.15) is 4.31 Å². The third-order valence-electron chi connectivity index (χ3n) is 4.50. The summed E-state index contributed by atoms with van der Waals surface area (Å²) in [6.07, 6.45) is 0. The molecule has 3 rings (SSSR count). The Kier molecular flexibility index (Phi) is 6.89. The van der Waals surface area contributed by atoms with Crippen molar-refractivity contribution in [1.29, 1.82) is 0 Å². The van der Waals surface area contributed by atoms with Crippen LogP contribution in [-0.4, -0.2) is 62.5 Å². The van der Waals surface area contributed by atoms with Gasteiger partial charge in [-0.1, -0.05) is 0 Å². The Balaban J connectivity index is 1.57. The first-order valence-corrected chi connectivity index (χ1v) is 11.3. The van der Waals surface area contributed by atoms with Crippen molar-refractivity contribution in [2.24, 2.45) is 0 Å². The Morgan fingerprint density at radius 3 is 2.31 bits per heavy atom. The minimum absolute atomic E-state index is 0.00637. The molecule has 1 aliphatic heterocycles. The Bertz CT molecular complexity index is 977. The molecule has 0 radical (unpaired) electrons. The highest BCUT2D eigenvalue weighted by atomic mass is 32.2. The van der Waals surface area contributed by atoms with E-state index in [-0.39, 0.29) is 16.6 Å². The van der Waals surface area contributed by atoms with Gasteiger partial charge in [0.1, 0.15) is 0 Å². The fourth-order valence-corrected chi connectivity index (χ4v) is 4.94. The Labute approximate surface area is 172 Å². The third kappa shape index (κ3) is 5.53. The lowest BCUT2D eigenvalue weighted by Crippen LogP contribution is -2.46. The molecule has 0 bridgehead atoms. The molecule has 1 fully saturated rings. The number of nitrogens with one attached hydrogen (secondary N) is 1. The average molecular weight is 442 g/mol. The molecule has 1 N–H and O–H groups in total. The van der Waals surface area contributed by atoms with Crippen LogP contribution in [0.4, 0.5) is 14.5 Å². The maximum atomic E-state index is 13.2. The lowest BCUT2D eigenvalue weighted by atomic mass is 10.3. The smallest absolute Gasteiger partial charge is 0.243 e. The van der Waals surface area contributed by atoms with Gasteiger partial charge in [-0.25, -0.2) is 17.2 Å². The number of rotatable bonds is 6. The normalized spacial score (nSPS) is 16.0. The highest BCUT2D eigenvalue weighted by Gasteiger charge is 2.27. The fraction of sp³-hybridized carbons (Fsp3) is 0.316. The van der Waals surface area contributed by atoms with E-state index in [2.05, 4.69) is 10.2 Å². The van der Waals surface area contributed by atoms with E-state index in [1.165, 1.54) is 34.6 Å². The van der Waals surface area contributed by atoms with Crippen molar-refractivity contribution in [3.8, 4) is 0 Å². The van der Waals surface area contributed by atoms with Crippen LogP contribution in [0.5, 0.6) is 0 Å². The van der Waals surface area contributed by atoms with Crippen LogP contribution >= 0.6 is 11.8 Å². The maximum absolute atomic E-state index is 13.2. The van der Waals surface area contributed by atoms with Gasteiger partial charge in [-0.15, -0.1) is 11.8 Å². The van der Waals surface area contributed by atoms with E-state index < -0.39 is 21.7 Å². The highest BCUT2D eigenvalue weighted by molar-refractivity contribution is 8.00. The number of hydrogen-bond donors (Lipinski definition) is 1. The number of carbonyl (C=O) groups is 1. The number of halogens is 2. The molecule has 0 saturated carbocycles. The predicted molar refractivity (Wildman–Crippen MR) is 108 cm³/mol. The minimum Gasteiger partial charge on any atom is -0.325 e. The molecule has 156 valence electrons. The summed E-state index contributed by atoms with van der Waals surface area (Å²) in [4.78, 5) is 14.8. The van der Waals surface area contributed by atoms with Crippen LogP contribution in [0.15, 0.2) is 52.3 Å². The molecule has 29 heavy (non-hydrogen) atoms. The molecule has 0 unspecified atom stereocenters. The van der Waals surface area contributed by atoms with Crippen molar-refractivity contribution >= 4 is 33.4 Å². The first kappa shape index (κ1) is 21.7. The SMILES string of the molecule is CN1CCN(S(=O)(=O)c2ccc(NC(=O)CSc3ccc(F)c(F)c3)cc2)CC1. The molecule has 0 atom stereocenters. The van der Waals surface area contributed by atoms with Gasteiger partial charge in [0.25, 0.3) is 0 Å². The van der Waals surface area contributed by atoms with Gasteiger partial charge in [0, 0.05) is 36.8 Å². The largest absolute Gasteiger partial charge is 0.325 e. The lowest BCUT2D eigenvalue weighted by molar-refractivity contribution is -0.113. The number of nitrogens with zero attached hydrogens (tertiary/aromatic N) is 2. The number of hydrogen-bond acceptors (Lipinski definition) is 5. The molecule has 0 spiro atoms. The minimum atomic E-state index is -3.56. The van der Waals surface area contributed by atoms with Gasteiger partial charge in [-0.05, 0) is 49.5 Å². The zero-order valence-corrected chi connectivity index (χ0v) is 17.4. The summed E-state index contributed by atoms with van der Waals surface area (Å²) in [5.74, 6) is -2.24. The summed E-state index contributed by atoms with van der Waals surface area (Å²) >= 11 is 1.07. The molecule has 1 saturated heterocycles. The number of sulfonamides is 1. The molecule has 1 amide bonds. The van der Waals surface area contributed by atoms with Crippen LogP contribution in [0, 0.1) is 11.6 Å². The topological polar surface area (TPSA) is 69.7 Å². The van der Waals surface area contributed by atoms with Crippen molar-refractivity contribution in [3.63, 3.8) is 0 Å². The molecule has 10 heteroatoms. The first-order valence-electron chi connectivity index (χ1n) is 8.92. The van der Waals surface area contributed by atoms with Gasteiger partial charge in [0.05, 0.1) is 10.6 Å². The van der Waals surface area contributed by atoms with E-state index in [9.17, 15) is 22.0 Å². The standard InChI is InChI=1S/C19H21F2N3O3S2/c1-23-8-10-24(11-9-23)29(26,27)16-5-2-14(3-6-16)22-19(25)13-28-15-4-7-17(20)18(21)12-15/h2-7,12H,8-11,13H2,1H3,(H,22,25). The van der Waals surface area contributed by atoms with Crippen molar-refractivity contribution in [2.75, 3.05) is 44.3 Å². The van der Waals surface area contributed by atoms with Crippen LogP contribution in [-0.2, 0) is 14.8 Å². The second-order valence-electron chi connectivity index (χ2n) is 6.64. The zero-order chi connectivity index (χ0) is 21.0. The van der Waals surface area contributed by atoms with Crippen molar-refractivity contribution < 1.29 is 22.0 Å². The number of piperazine rings is 1. The summed E-state index contributed by atoms with van der Waals surface area (Å²) < 4.78 is 53.0. The summed E-state index contributed by atoms with van der Waals surface area (Å²) in [5, 5.41) is 2.66. The summed E-state index contributed by atoms with van der Waals surface area (Å²) in [5.41, 5.74) is 0.457. The Morgan fingerprint density at radius 1 is 1.03 bits per heavy atom. The Morgan fingerprint density at radius 2 is 1.69 bits per heavy atom. The quantitative estimate of drug-likeness (QED) is 0.698. The lowest BCUT2D eigenvalue weighted by Gasteiger charge is -2.31. The average Bonchev–Trinajstić information content (AvgIpc) is 2.70. The molecule has 0 aromatic heterocycles. The number of thioether (sulfide) groups is 1. The second-order valence-corrected chi connectivity index (χ2v) is 9.63. The number of amides is 1.